The van der Waals surface area contributed by atoms with E-state index in [1.807, 2.05) is 18.2 Å². The molecule has 1 aromatic carbocycles. The van der Waals surface area contributed by atoms with Crippen molar-refractivity contribution in [2.45, 2.75) is 19.4 Å². The van der Waals surface area contributed by atoms with Crippen LogP contribution < -0.4 is 10.5 Å². The highest BCUT2D eigenvalue weighted by molar-refractivity contribution is 7.80. The summed E-state index contributed by atoms with van der Waals surface area (Å²) in [5.41, 5.74) is 6.83. The highest BCUT2D eigenvalue weighted by atomic mass is 35.5. The molecule has 0 spiro atoms. The van der Waals surface area contributed by atoms with E-state index in [0.717, 1.165) is 48.8 Å². The lowest BCUT2D eigenvalue weighted by molar-refractivity contribution is 0.200. The second-order valence-electron chi connectivity index (χ2n) is 4.91. The molecule has 19 heavy (non-hydrogen) atoms. The molecule has 5 heteroatoms. The Morgan fingerprint density at radius 2 is 2.16 bits per heavy atom. The Labute approximate surface area is 124 Å². The number of likely N-dealkylation sites (tertiary alicyclic amines) is 1. The summed E-state index contributed by atoms with van der Waals surface area (Å²) in [6.07, 6.45) is 2.08. The second kappa shape index (κ2) is 6.55. The minimum Gasteiger partial charge on any atom is -0.496 e. The van der Waals surface area contributed by atoms with Crippen LogP contribution in [0.1, 0.15) is 18.4 Å². The molecular weight excluding hydrogens is 280 g/mol. The molecular formula is C14H19ClN2OS. The van der Waals surface area contributed by atoms with Gasteiger partial charge < -0.3 is 10.5 Å². The molecule has 0 aliphatic carbocycles. The van der Waals surface area contributed by atoms with Crippen molar-refractivity contribution in [3.05, 3.63) is 28.8 Å². The first-order valence-corrected chi connectivity index (χ1v) is 7.23. The Morgan fingerprint density at radius 1 is 1.47 bits per heavy atom. The molecule has 2 rings (SSSR count). The number of hydrogen-bond donors (Lipinski definition) is 1. The summed E-state index contributed by atoms with van der Waals surface area (Å²) in [6, 6.07) is 5.74. The topological polar surface area (TPSA) is 38.5 Å². The molecule has 0 amide bonds. The summed E-state index contributed by atoms with van der Waals surface area (Å²) < 4.78 is 5.38. The van der Waals surface area contributed by atoms with E-state index in [2.05, 4.69) is 4.90 Å². The van der Waals surface area contributed by atoms with E-state index < -0.39 is 0 Å². The van der Waals surface area contributed by atoms with E-state index in [1.165, 1.54) is 0 Å². The van der Waals surface area contributed by atoms with Crippen LogP contribution in [-0.2, 0) is 6.54 Å². The number of benzene rings is 1. The summed E-state index contributed by atoms with van der Waals surface area (Å²) >= 11 is 11.1. The smallest absolute Gasteiger partial charge is 0.123 e. The molecule has 1 aliphatic rings. The lowest BCUT2D eigenvalue weighted by Crippen LogP contribution is -2.37. The van der Waals surface area contributed by atoms with E-state index >= 15 is 0 Å². The Balaban J connectivity index is 1.99. The third-order valence-corrected chi connectivity index (χ3v) is 4.19. The van der Waals surface area contributed by atoms with Crippen molar-refractivity contribution < 1.29 is 4.74 Å². The first kappa shape index (κ1) is 14.6. The van der Waals surface area contributed by atoms with Gasteiger partial charge in [0.25, 0.3) is 0 Å². The molecule has 0 radical (unpaired) electrons. The maximum absolute atomic E-state index is 6.05. The molecule has 1 aliphatic heterocycles. The van der Waals surface area contributed by atoms with Crippen molar-refractivity contribution in [2.75, 3.05) is 20.2 Å². The number of halogens is 1. The van der Waals surface area contributed by atoms with Crippen LogP contribution in [0.4, 0.5) is 0 Å². The van der Waals surface area contributed by atoms with Gasteiger partial charge >= 0.3 is 0 Å². The molecule has 1 fully saturated rings. The molecule has 1 heterocycles. The van der Waals surface area contributed by atoms with Gasteiger partial charge in [-0.25, -0.2) is 0 Å². The predicted octanol–water partition coefficient (Wildman–Crippen LogP) is 2.85. The van der Waals surface area contributed by atoms with Gasteiger partial charge in [-0.2, -0.15) is 0 Å². The predicted molar refractivity (Wildman–Crippen MR) is 82.8 cm³/mol. The van der Waals surface area contributed by atoms with E-state index in [4.69, 9.17) is 34.3 Å². The van der Waals surface area contributed by atoms with Crippen LogP contribution in [-0.4, -0.2) is 30.1 Å². The zero-order valence-electron chi connectivity index (χ0n) is 11.1. The molecule has 1 saturated heterocycles. The monoisotopic (exact) mass is 298 g/mol. The van der Waals surface area contributed by atoms with E-state index in [1.54, 1.807) is 7.11 Å². The standard InChI is InChI=1S/C14H19ClN2OS/c1-18-13-3-2-12(15)8-11(13)9-17-6-4-10(5-7-17)14(16)19/h2-3,8,10H,4-7,9H2,1H3,(H2,16,19). The zero-order valence-corrected chi connectivity index (χ0v) is 12.6. The molecule has 0 unspecified atom stereocenters. The first-order valence-electron chi connectivity index (χ1n) is 6.44. The summed E-state index contributed by atoms with van der Waals surface area (Å²) in [7, 11) is 1.69. The maximum Gasteiger partial charge on any atom is 0.123 e. The third-order valence-electron chi connectivity index (χ3n) is 3.63. The zero-order chi connectivity index (χ0) is 13.8. The SMILES string of the molecule is COc1ccc(Cl)cc1CN1CCC(C(N)=S)CC1. The molecule has 3 nitrogen and oxygen atoms in total. The summed E-state index contributed by atoms with van der Waals surface area (Å²) in [5.74, 6) is 1.29. The second-order valence-corrected chi connectivity index (χ2v) is 5.82. The average Bonchev–Trinajstić information content (AvgIpc) is 2.39. The molecule has 104 valence electrons. The first-order chi connectivity index (χ1) is 9.10. The normalized spacial score (nSPS) is 17.4. The summed E-state index contributed by atoms with van der Waals surface area (Å²) in [6.45, 7) is 2.88. The Morgan fingerprint density at radius 3 is 2.74 bits per heavy atom. The number of nitrogens with two attached hydrogens (primary N) is 1. The van der Waals surface area contributed by atoms with Crippen LogP contribution in [0.3, 0.4) is 0 Å². The molecule has 2 N–H and O–H groups in total. The highest BCUT2D eigenvalue weighted by Crippen LogP contribution is 2.26. The molecule has 0 bridgehead atoms. The Hall–Kier alpha value is -0.840. The van der Waals surface area contributed by atoms with Crippen molar-refractivity contribution in [2.24, 2.45) is 11.7 Å². The maximum atomic E-state index is 6.05. The van der Waals surface area contributed by atoms with Gasteiger partial charge in [0.2, 0.25) is 0 Å². The van der Waals surface area contributed by atoms with Gasteiger partial charge in [0.1, 0.15) is 5.75 Å². The molecule has 0 saturated carbocycles. The number of methoxy groups -OCH3 is 1. The fraction of sp³-hybridized carbons (Fsp3) is 0.500. The number of rotatable bonds is 4. The van der Waals surface area contributed by atoms with Crippen LogP contribution in [0, 0.1) is 5.92 Å². The third kappa shape index (κ3) is 3.81. The quantitative estimate of drug-likeness (QED) is 0.868. The van der Waals surface area contributed by atoms with Crippen LogP contribution in [0.5, 0.6) is 5.75 Å². The molecule has 0 atom stereocenters. The van der Waals surface area contributed by atoms with Gasteiger partial charge in [-0.05, 0) is 44.1 Å². The van der Waals surface area contributed by atoms with Crippen LogP contribution in [0.2, 0.25) is 5.02 Å². The van der Waals surface area contributed by atoms with Crippen molar-refractivity contribution in [3.63, 3.8) is 0 Å². The Bertz CT molecular complexity index is 459. The van der Waals surface area contributed by atoms with Gasteiger partial charge in [-0.15, -0.1) is 0 Å². The average molecular weight is 299 g/mol. The van der Waals surface area contributed by atoms with E-state index in [-0.39, 0.29) is 0 Å². The van der Waals surface area contributed by atoms with Gasteiger partial charge in [-0.1, -0.05) is 23.8 Å². The van der Waals surface area contributed by atoms with Crippen molar-refractivity contribution >= 4 is 28.8 Å². The summed E-state index contributed by atoms with van der Waals surface area (Å²) in [5, 5.41) is 0.744. The largest absolute Gasteiger partial charge is 0.496 e. The van der Waals surface area contributed by atoms with Crippen molar-refractivity contribution in [1.82, 2.24) is 4.90 Å². The van der Waals surface area contributed by atoms with Gasteiger partial charge in [-0.3, -0.25) is 4.90 Å². The highest BCUT2D eigenvalue weighted by Gasteiger charge is 2.21. The van der Waals surface area contributed by atoms with Crippen LogP contribution in [0.25, 0.3) is 0 Å². The van der Waals surface area contributed by atoms with Gasteiger partial charge in [0.15, 0.2) is 0 Å². The fourth-order valence-corrected chi connectivity index (χ4v) is 2.92. The number of hydrogen-bond acceptors (Lipinski definition) is 3. The van der Waals surface area contributed by atoms with E-state index in [9.17, 15) is 0 Å². The molecule has 0 aromatic heterocycles. The van der Waals surface area contributed by atoms with Gasteiger partial charge in [0, 0.05) is 23.0 Å². The lowest BCUT2D eigenvalue weighted by atomic mass is 9.96. The summed E-state index contributed by atoms with van der Waals surface area (Å²) in [4.78, 5) is 3.04. The number of thiocarbonyl (C=S) groups is 1. The number of nitrogens with zero attached hydrogens (tertiary/aromatic N) is 1. The fourth-order valence-electron chi connectivity index (χ4n) is 2.49. The number of ether oxygens (including phenoxy) is 1. The molecule has 1 aromatic rings. The van der Waals surface area contributed by atoms with Crippen LogP contribution in [0.15, 0.2) is 18.2 Å². The minimum atomic E-state index is 0.396. The number of piperidine rings is 1. The van der Waals surface area contributed by atoms with E-state index in [0.29, 0.717) is 10.9 Å². The van der Waals surface area contributed by atoms with Crippen LogP contribution >= 0.6 is 23.8 Å². The van der Waals surface area contributed by atoms with Gasteiger partial charge in [0.05, 0.1) is 12.1 Å². The lowest BCUT2D eigenvalue weighted by Gasteiger charge is -2.31. The Kier molecular flexibility index (Phi) is 5.02. The van der Waals surface area contributed by atoms with Crippen molar-refractivity contribution in [3.8, 4) is 5.75 Å². The minimum absolute atomic E-state index is 0.396. The van der Waals surface area contributed by atoms with Crippen molar-refractivity contribution in [1.29, 1.82) is 0 Å².